The SMILES string of the molecule is Oc1cc2cc(Cl)c(Cl)cc2cc1O. The summed E-state index contributed by atoms with van der Waals surface area (Å²) in [5, 5.41) is 20.8. The number of benzene rings is 2. The number of halogens is 2. The molecule has 0 aliphatic rings. The number of hydrogen-bond donors (Lipinski definition) is 2. The summed E-state index contributed by atoms with van der Waals surface area (Å²) in [7, 11) is 0. The first-order valence-electron chi connectivity index (χ1n) is 3.88. The zero-order valence-corrected chi connectivity index (χ0v) is 8.47. The van der Waals surface area contributed by atoms with E-state index in [4.69, 9.17) is 23.2 Å². The molecule has 14 heavy (non-hydrogen) atoms. The minimum atomic E-state index is -0.170. The average Bonchev–Trinajstić information content (AvgIpc) is 2.11. The smallest absolute Gasteiger partial charge is 0.158 e. The molecular weight excluding hydrogens is 223 g/mol. The Balaban J connectivity index is 2.83. The Morgan fingerprint density at radius 3 is 1.43 bits per heavy atom. The van der Waals surface area contributed by atoms with E-state index in [0.29, 0.717) is 10.0 Å². The molecule has 0 bridgehead atoms. The number of hydrogen-bond acceptors (Lipinski definition) is 2. The van der Waals surface area contributed by atoms with Crippen LogP contribution in [0.5, 0.6) is 11.5 Å². The second-order valence-electron chi connectivity index (χ2n) is 2.95. The summed E-state index contributed by atoms with van der Waals surface area (Å²) in [5.41, 5.74) is 0. The summed E-state index contributed by atoms with van der Waals surface area (Å²) in [6, 6.07) is 6.15. The Hall–Kier alpha value is -1.12. The molecule has 4 heteroatoms. The largest absolute Gasteiger partial charge is 0.504 e. The van der Waals surface area contributed by atoms with Crippen molar-refractivity contribution >= 4 is 34.0 Å². The molecule has 0 atom stereocenters. The van der Waals surface area contributed by atoms with E-state index in [-0.39, 0.29) is 11.5 Å². The van der Waals surface area contributed by atoms with E-state index in [0.717, 1.165) is 10.8 Å². The van der Waals surface area contributed by atoms with Crippen LogP contribution in [0, 0.1) is 0 Å². The van der Waals surface area contributed by atoms with Gasteiger partial charge in [-0.15, -0.1) is 0 Å². The first-order valence-corrected chi connectivity index (χ1v) is 4.64. The Labute approximate surface area is 90.3 Å². The van der Waals surface area contributed by atoms with Crippen LogP contribution in [-0.4, -0.2) is 10.2 Å². The normalized spacial score (nSPS) is 10.7. The van der Waals surface area contributed by atoms with Crippen LogP contribution in [0.4, 0.5) is 0 Å². The van der Waals surface area contributed by atoms with Gasteiger partial charge in [0.2, 0.25) is 0 Å². The van der Waals surface area contributed by atoms with Gasteiger partial charge >= 0.3 is 0 Å². The molecule has 2 N–H and O–H groups in total. The molecule has 0 spiro atoms. The van der Waals surface area contributed by atoms with Gasteiger partial charge in [0.25, 0.3) is 0 Å². The first kappa shape index (κ1) is 9.44. The van der Waals surface area contributed by atoms with Gasteiger partial charge in [-0.2, -0.15) is 0 Å². The molecule has 0 unspecified atom stereocenters. The van der Waals surface area contributed by atoms with Crippen molar-refractivity contribution in [2.75, 3.05) is 0 Å². The molecule has 0 fully saturated rings. The molecule has 2 aromatic rings. The maximum atomic E-state index is 9.25. The van der Waals surface area contributed by atoms with Gasteiger partial charge in [0.1, 0.15) is 0 Å². The molecule has 0 aromatic heterocycles. The van der Waals surface area contributed by atoms with Crippen LogP contribution in [-0.2, 0) is 0 Å². The van der Waals surface area contributed by atoms with Crippen LogP contribution in [0.1, 0.15) is 0 Å². The van der Waals surface area contributed by atoms with Crippen molar-refractivity contribution < 1.29 is 10.2 Å². The fraction of sp³-hybridized carbons (Fsp3) is 0. The zero-order valence-electron chi connectivity index (χ0n) is 6.96. The van der Waals surface area contributed by atoms with E-state index >= 15 is 0 Å². The third-order valence-corrected chi connectivity index (χ3v) is 2.69. The summed E-state index contributed by atoms with van der Waals surface area (Å²) >= 11 is 11.6. The van der Waals surface area contributed by atoms with Gasteiger partial charge < -0.3 is 10.2 Å². The maximum Gasteiger partial charge on any atom is 0.158 e. The third-order valence-electron chi connectivity index (χ3n) is 1.97. The van der Waals surface area contributed by atoms with Crippen molar-refractivity contribution in [2.45, 2.75) is 0 Å². The predicted octanol–water partition coefficient (Wildman–Crippen LogP) is 3.56. The number of phenolic OH excluding ortho intramolecular Hbond substituents is 2. The van der Waals surface area contributed by atoms with E-state index in [9.17, 15) is 10.2 Å². The van der Waals surface area contributed by atoms with Gasteiger partial charge in [-0.3, -0.25) is 0 Å². The van der Waals surface area contributed by atoms with Crippen molar-refractivity contribution in [3.05, 3.63) is 34.3 Å². The Kier molecular flexibility index (Phi) is 2.17. The Morgan fingerprint density at radius 1 is 0.714 bits per heavy atom. The molecular formula is C10H6Cl2O2. The fourth-order valence-corrected chi connectivity index (χ4v) is 1.61. The highest BCUT2D eigenvalue weighted by Gasteiger charge is 2.05. The molecule has 0 heterocycles. The van der Waals surface area contributed by atoms with Crippen molar-refractivity contribution in [1.29, 1.82) is 0 Å². The summed E-state index contributed by atoms with van der Waals surface area (Å²) in [4.78, 5) is 0. The van der Waals surface area contributed by atoms with E-state index in [1.165, 1.54) is 12.1 Å². The van der Waals surface area contributed by atoms with Crippen LogP contribution >= 0.6 is 23.2 Å². The van der Waals surface area contributed by atoms with Gasteiger partial charge in [-0.25, -0.2) is 0 Å². The lowest BCUT2D eigenvalue weighted by Gasteiger charge is -2.03. The highest BCUT2D eigenvalue weighted by molar-refractivity contribution is 6.42. The van der Waals surface area contributed by atoms with Crippen LogP contribution in [0.2, 0.25) is 10.0 Å². The number of aromatic hydroxyl groups is 2. The number of fused-ring (bicyclic) bond motifs is 1. The second-order valence-corrected chi connectivity index (χ2v) is 3.77. The zero-order chi connectivity index (χ0) is 10.3. The molecule has 0 amide bonds. The number of rotatable bonds is 0. The molecule has 2 aromatic carbocycles. The van der Waals surface area contributed by atoms with E-state index in [2.05, 4.69) is 0 Å². The van der Waals surface area contributed by atoms with Crippen LogP contribution in [0.3, 0.4) is 0 Å². The lowest BCUT2D eigenvalue weighted by molar-refractivity contribution is 0.405. The monoisotopic (exact) mass is 228 g/mol. The van der Waals surface area contributed by atoms with E-state index < -0.39 is 0 Å². The standard InChI is InChI=1S/C10H6Cl2O2/c11-7-1-5-3-9(13)10(14)4-6(5)2-8(7)12/h1-4,13-14H. The molecule has 0 radical (unpaired) electrons. The fourth-order valence-electron chi connectivity index (χ4n) is 1.27. The van der Waals surface area contributed by atoms with Crippen LogP contribution in [0.25, 0.3) is 10.8 Å². The van der Waals surface area contributed by atoms with Crippen LogP contribution in [0.15, 0.2) is 24.3 Å². The van der Waals surface area contributed by atoms with Crippen molar-refractivity contribution in [1.82, 2.24) is 0 Å². The molecule has 0 aliphatic carbocycles. The molecule has 2 rings (SSSR count). The summed E-state index contributed by atoms with van der Waals surface area (Å²) in [6.45, 7) is 0. The minimum Gasteiger partial charge on any atom is -0.504 e. The third kappa shape index (κ3) is 1.47. The van der Waals surface area contributed by atoms with E-state index in [1.807, 2.05) is 0 Å². The maximum absolute atomic E-state index is 9.25. The summed E-state index contributed by atoms with van der Waals surface area (Å²) in [5.74, 6) is -0.341. The predicted molar refractivity (Wildman–Crippen MR) is 57.3 cm³/mol. The van der Waals surface area contributed by atoms with E-state index in [1.54, 1.807) is 12.1 Å². The topological polar surface area (TPSA) is 40.5 Å². The van der Waals surface area contributed by atoms with Gasteiger partial charge in [0.05, 0.1) is 10.0 Å². The second kappa shape index (κ2) is 3.23. The summed E-state index contributed by atoms with van der Waals surface area (Å²) in [6.07, 6.45) is 0. The van der Waals surface area contributed by atoms with Crippen molar-refractivity contribution in [3.8, 4) is 11.5 Å². The Morgan fingerprint density at radius 2 is 1.07 bits per heavy atom. The lowest BCUT2D eigenvalue weighted by atomic mass is 10.1. The van der Waals surface area contributed by atoms with Gasteiger partial charge in [0.15, 0.2) is 11.5 Å². The average molecular weight is 229 g/mol. The van der Waals surface area contributed by atoms with Crippen molar-refractivity contribution in [2.24, 2.45) is 0 Å². The lowest BCUT2D eigenvalue weighted by Crippen LogP contribution is -1.76. The number of phenols is 2. The minimum absolute atomic E-state index is 0.170. The molecule has 0 saturated carbocycles. The molecule has 0 aliphatic heterocycles. The summed E-state index contributed by atoms with van der Waals surface area (Å²) < 4.78 is 0. The molecule has 0 saturated heterocycles. The quantitative estimate of drug-likeness (QED) is 0.678. The first-order chi connectivity index (χ1) is 6.58. The van der Waals surface area contributed by atoms with Crippen molar-refractivity contribution in [3.63, 3.8) is 0 Å². The van der Waals surface area contributed by atoms with Gasteiger partial charge in [-0.1, -0.05) is 23.2 Å². The highest BCUT2D eigenvalue weighted by atomic mass is 35.5. The van der Waals surface area contributed by atoms with Gasteiger partial charge in [-0.05, 0) is 35.0 Å². The van der Waals surface area contributed by atoms with Crippen LogP contribution < -0.4 is 0 Å². The molecule has 72 valence electrons. The Bertz CT molecular complexity index is 420. The molecule has 2 nitrogen and oxygen atoms in total. The highest BCUT2D eigenvalue weighted by Crippen LogP contribution is 2.34. The van der Waals surface area contributed by atoms with Gasteiger partial charge in [0, 0.05) is 0 Å².